The molecule has 1 heterocycles. The number of para-hydroxylation sites is 1. The van der Waals surface area contributed by atoms with Crippen LogP contribution in [-0.4, -0.2) is 19.7 Å². The summed E-state index contributed by atoms with van der Waals surface area (Å²) in [5.41, 5.74) is 0.905. The van der Waals surface area contributed by atoms with Crippen LogP contribution in [0.1, 0.15) is 0 Å². The second kappa shape index (κ2) is 6.29. The van der Waals surface area contributed by atoms with Crippen molar-refractivity contribution in [2.45, 2.75) is 10.1 Å². The van der Waals surface area contributed by atoms with E-state index in [4.69, 9.17) is 0 Å². The first-order valence-electron chi connectivity index (χ1n) is 6.22. The predicted molar refractivity (Wildman–Crippen MR) is 86.3 cm³/mol. The number of rotatable bonds is 4. The van der Waals surface area contributed by atoms with E-state index in [2.05, 4.69) is 26.0 Å². The first-order valence-corrected chi connectivity index (χ1v) is 7.83. The molecule has 0 saturated heterocycles. The van der Waals surface area contributed by atoms with Crippen molar-refractivity contribution >= 4 is 33.4 Å². The van der Waals surface area contributed by atoms with Gasteiger partial charge in [-0.15, -0.1) is 5.10 Å². The highest BCUT2D eigenvalue weighted by molar-refractivity contribution is 9.10. The average Bonchev–Trinajstić information content (AvgIpc) is 2.98. The number of nitro benzene ring substituents is 1. The highest BCUT2D eigenvalue weighted by Crippen LogP contribution is 2.34. The summed E-state index contributed by atoms with van der Waals surface area (Å²) in [5.74, 6) is 0. The Morgan fingerprint density at radius 2 is 1.95 bits per heavy atom. The summed E-state index contributed by atoms with van der Waals surface area (Å²) in [5, 5.41) is 15.9. The minimum Gasteiger partial charge on any atom is -0.258 e. The van der Waals surface area contributed by atoms with Gasteiger partial charge in [0.25, 0.3) is 5.69 Å². The van der Waals surface area contributed by atoms with Gasteiger partial charge in [0.1, 0.15) is 6.33 Å². The third-order valence-corrected chi connectivity index (χ3v) is 4.24. The predicted octanol–water partition coefficient (Wildman–Crippen LogP) is 4.09. The van der Waals surface area contributed by atoms with Crippen molar-refractivity contribution in [3.05, 3.63) is 69.4 Å². The maximum absolute atomic E-state index is 11.1. The van der Waals surface area contributed by atoms with Crippen LogP contribution in [0.25, 0.3) is 5.69 Å². The molecule has 22 heavy (non-hydrogen) atoms. The number of nitrogens with zero attached hydrogens (tertiary/aromatic N) is 4. The van der Waals surface area contributed by atoms with Crippen molar-refractivity contribution < 1.29 is 4.92 Å². The molecule has 0 fully saturated rings. The lowest BCUT2D eigenvalue weighted by Gasteiger charge is -2.01. The van der Waals surface area contributed by atoms with Crippen molar-refractivity contribution in [2.75, 3.05) is 0 Å². The topological polar surface area (TPSA) is 73.8 Å². The quantitative estimate of drug-likeness (QED) is 0.506. The lowest BCUT2D eigenvalue weighted by molar-refractivity contribution is -0.387. The fourth-order valence-corrected chi connectivity index (χ4v) is 2.97. The molecule has 3 aromatic rings. The van der Waals surface area contributed by atoms with Crippen LogP contribution in [0, 0.1) is 10.1 Å². The smallest absolute Gasteiger partial charge is 0.258 e. The molecule has 0 unspecified atom stereocenters. The van der Waals surface area contributed by atoms with E-state index in [1.54, 1.807) is 23.1 Å². The summed E-state index contributed by atoms with van der Waals surface area (Å²) in [6.07, 6.45) is 1.59. The number of hydrogen-bond donors (Lipinski definition) is 0. The standard InChI is InChI=1S/C14H9BrN4O2S/c15-10-6-7-13(12(8-10)19(20)21)22-14-16-9-18(17-14)11-4-2-1-3-5-11/h1-9H. The van der Waals surface area contributed by atoms with Crippen molar-refractivity contribution in [3.63, 3.8) is 0 Å². The zero-order chi connectivity index (χ0) is 15.5. The monoisotopic (exact) mass is 376 g/mol. The van der Waals surface area contributed by atoms with Crippen LogP contribution in [0.3, 0.4) is 0 Å². The summed E-state index contributed by atoms with van der Waals surface area (Å²) in [4.78, 5) is 15.4. The lowest BCUT2D eigenvalue weighted by atomic mass is 10.3. The van der Waals surface area contributed by atoms with Gasteiger partial charge in [-0.05, 0) is 36.0 Å². The molecule has 0 aliphatic carbocycles. The molecular weight excluding hydrogens is 368 g/mol. The number of halogens is 1. The Balaban J connectivity index is 1.89. The largest absolute Gasteiger partial charge is 0.284 e. The van der Waals surface area contributed by atoms with Gasteiger partial charge >= 0.3 is 0 Å². The van der Waals surface area contributed by atoms with Crippen LogP contribution in [0.15, 0.2) is 69.4 Å². The number of hydrogen-bond acceptors (Lipinski definition) is 5. The summed E-state index contributed by atoms with van der Waals surface area (Å²) < 4.78 is 2.29. The molecule has 0 atom stereocenters. The summed E-state index contributed by atoms with van der Waals surface area (Å²) >= 11 is 4.40. The molecule has 0 radical (unpaired) electrons. The summed E-state index contributed by atoms with van der Waals surface area (Å²) in [7, 11) is 0. The van der Waals surface area contributed by atoms with Crippen molar-refractivity contribution in [1.29, 1.82) is 0 Å². The Bertz CT molecular complexity index is 823. The van der Waals surface area contributed by atoms with E-state index in [0.29, 0.717) is 14.5 Å². The molecule has 1 aromatic heterocycles. The molecule has 8 heteroatoms. The van der Waals surface area contributed by atoms with Crippen LogP contribution in [0.2, 0.25) is 0 Å². The third kappa shape index (κ3) is 3.18. The second-order valence-electron chi connectivity index (χ2n) is 4.28. The average molecular weight is 377 g/mol. The molecule has 0 bridgehead atoms. The molecule has 0 amide bonds. The zero-order valence-electron chi connectivity index (χ0n) is 11.1. The number of nitro groups is 1. The van der Waals surface area contributed by atoms with Gasteiger partial charge in [-0.1, -0.05) is 34.1 Å². The van der Waals surface area contributed by atoms with Crippen molar-refractivity contribution in [3.8, 4) is 5.69 Å². The third-order valence-electron chi connectivity index (χ3n) is 2.81. The Kier molecular flexibility index (Phi) is 4.21. The molecule has 6 nitrogen and oxygen atoms in total. The number of aromatic nitrogens is 3. The van der Waals surface area contributed by atoms with Gasteiger partial charge in [0.05, 0.1) is 15.5 Å². The van der Waals surface area contributed by atoms with Crippen molar-refractivity contribution in [1.82, 2.24) is 14.8 Å². The Labute approximate surface area is 138 Å². The Morgan fingerprint density at radius 1 is 1.18 bits per heavy atom. The van der Waals surface area contributed by atoms with Gasteiger partial charge < -0.3 is 0 Å². The molecule has 110 valence electrons. The van der Waals surface area contributed by atoms with Crippen LogP contribution in [-0.2, 0) is 0 Å². The van der Waals surface area contributed by atoms with Crippen LogP contribution in [0.4, 0.5) is 5.69 Å². The minimum atomic E-state index is -0.415. The maximum Gasteiger partial charge on any atom is 0.284 e. The summed E-state index contributed by atoms with van der Waals surface area (Å²) in [6, 6.07) is 14.4. The van der Waals surface area contributed by atoms with Gasteiger partial charge in [-0.3, -0.25) is 10.1 Å². The Morgan fingerprint density at radius 3 is 2.68 bits per heavy atom. The minimum absolute atomic E-state index is 0.0236. The van der Waals surface area contributed by atoms with Crippen LogP contribution < -0.4 is 0 Å². The van der Waals surface area contributed by atoms with Crippen LogP contribution >= 0.6 is 27.7 Å². The molecule has 0 N–H and O–H groups in total. The normalized spacial score (nSPS) is 10.6. The van der Waals surface area contributed by atoms with E-state index in [0.717, 1.165) is 17.4 Å². The second-order valence-corrected chi connectivity index (χ2v) is 6.20. The van der Waals surface area contributed by atoms with Gasteiger partial charge in [0, 0.05) is 10.5 Å². The SMILES string of the molecule is O=[N+]([O-])c1cc(Br)ccc1Sc1ncn(-c2ccccc2)n1. The number of benzene rings is 2. The van der Waals surface area contributed by atoms with E-state index in [9.17, 15) is 10.1 Å². The van der Waals surface area contributed by atoms with E-state index in [-0.39, 0.29) is 5.69 Å². The lowest BCUT2D eigenvalue weighted by Crippen LogP contribution is -1.94. The first kappa shape index (κ1) is 14.7. The highest BCUT2D eigenvalue weighted by atomic mass is 79.9. The zero-order valence-corrected chi connectivity index (χ0v) is 13.5. The molecule has 0 aliphatic heterocycles. The van der Waals surface area contributed by atoms with E-state index >= 15 is 0 Å². The van der Waals surface area contributed by atoms with Crippen molar-refractivity contribution in [2.24, 2.45) is 0 Å². The molecule has 0 aliphatic rings. The van der Waals surface area contributed by atoms with Crippen LogP contribution in [0.5, 0.6) is 0 Å². The fraction of sp³-hybridized carbons (Fsp3) is 0. The maximum atomic E-state index is 11.1. The van der Waals surface area contributed by atoms with E-state index in [1.807, 2.05) is 30.3 Å². The Hall–Kier alpha value is -2.19. The van der Waals surface area contributed by atoms with Gasteiger partial charge in [-0.2, -0.15) is 0 Å². The molecule has 3 rings (SSSR count). The molecule has 2 aromatic carbocycles. The van der Waals surface area contributed by atoms with Gasteiger partial charge in [0.2, 0.25) is 5.16 Å². The molecular formula is C14H9BrN4O2S. The highest BCUT2D eigenvalue weighted by Gasteiger charge is 2.17. The van der Waals surface area contributed by atoms with Gasteiger partial charge in [0.15, 0.2) is 0 Å². The summed E-state index contributed by atoms with van der Waals surface area (Å²) in [6.45, 7) is 0. The fourth-order valence-electron chi connectivity index (χ4n) is 1.82. The molecule has 0 saturated carbocycles. The van der Waals surface area contributed by atoms with E-state index < -0.39 is 4.92 Å². The van der Waals surface area contributed by atoms with E-state index in [1.165, 1.54) is 6.07 Å². The first-order chi connectivity index (χ1) is 10.6. The van der Waals surface area contributed by atoms with Gasteiger partial charge in [-0.25, -0.2) is 9.67 Å². The molecule has 0 spiro atoms.